The minimum absolute atomic E-state index is 0.201. The van der Waals surface area contributed by atoms with Crippen molar-refractivity contribution in [2.75, 3.05) is 0 Å². The highest BCUT2D eigenvalue weighted by Crippen LogP contribution is 1.92. The van der Waals surface area contributed by atoms with Gasteiger partial charge in [-0.15, -0.1) is 0 Å². The van der Waals surface area contributed by atoms with Gasteiger partial charge in [-0.1, -0.05) is 6.92 Å². The van der Waals surface area contributed by atoms with Gasteiger partial charge in [0.05, 0.1) is 0 Å². The molecule has 2 heteroatoms. The highest BCUT2D eigenvalue weighted by atomic mass is 19.1. The van der Waals surface area contributed by atoms with Crippen molar-refractivity contribution in [3.63, 3.8) is 0 Å². The SMILES string of the molecule is C=C(F)NC(C)CC. The molecule has 0 radical (unpaired) electrons. The lowest BCUT2D eigenvalue weighted by Crippen LogP contribution is -2.21. The predicted octanol–water partition coefficient (Wildman–Crippen LogP) is 1.82. The van der Waals surface area contributed by atoms with Gasteiger partial charge in [-0.05, 0) is 19.9 Å². The highest BCUT2D eigenvalue weighted by molar-refractivity contribution is 4.78. The standard InChI is InChI=1S/C6H12FN/c1-4-5(2)8-6(3)7/h5,8H,3-4H2,1-2H3. The molecule has 0 aromatic carbocycles. The zero-order valence-electron chi connectivity index (χ0n) is 5.37. The van der Waals surface area contributed by atoms with Gasteiger partial charge in [0.2, 0.25) is 0 Å². The molecule has 0 saturated carbocycles. The summed E-state index contributed by atoms with van der Waals surface area (Å²) in [7, 11) is 0. The van der Waals surface area contributed by atoms with Crippen molar-refractivity contribution in [3.8, 4) is 0 Å². The Kier molecular flexibility index (Phi) is 3.24. The van der Waals surface area contributed by atoms with Crippen LogP contribution in [0, 0.1) is 0 Å². The van der Waals surface area contributed by atoms with Crippen molar-refractivity contribution in [1.29, 1.82) is 0 Å². The first-order chi connectivity index (χ1) is 3.66. The van der Waals surface area contributed by atoms with E-state index in [1.54, 1.807) is 0 Å². The fourth-order valence-electron chi connectivity index (χ4n) is 0.369. The van der Waals surface area contributed by atoms with Crippen LogP contribution in [0.15, 0.2) is 12.5 Å². The normalized spacial score (nSPS) is 12.9. The Balaban J connectivity index is 3.24. The minimum atomic E-state index is -0.445. The summed E-state index contributed by atoms with van der Waals surface area (Å²) in [5, 5.41) is 2.53. The van der Waals surface area contributed by atoms with Crippen LogP contribution in [0.25, 0.3) is 0 Å². The average molecular weight is 117 g/mol. The lowest BCUT2D eigenvalue weighted by atomic mass is 10.3. The Morgan fingerprint density at radius 1 is 1.88 bits per heavy atom. The van der Waals surface area contributed by atoms with Gasteiger partial charge in [0.15, 0.2) is 5.95 Å². The van der Waals surface area contributed by atoms with Crippen LogP contribution >= 0.6 is 0 Å². The quantitative estimate of drug-likeness (QED) is 0.556. The van der Waals surface area contributed by atoms with Crippen molar-refractivity contribution in [2.45, 2.75) is 26.3 Å². The third-order valence-corrected chi connectivity index (χ3v) is 1.02. The number of hydrogen-bond acceptors (Lipinski definition) is 1. The van der Waals surface area contributed by atoms with Gasteiger partial charge in [-0.3, -0.25) is 0 Å². The first-order valence-corrected chi connectivity index (χ1v) is 2.77. The molecule has 0 rings (SSSR count). The number of nitrogens with one attached hydrogen (secondary N) is 1. The molecule has 48 valence electrons. The van der Waals surface area contributed by atoms with Gasteiger partial charge in [-0.2, -0.15) is 4.39 Å². The van der Waals surface area contributed by atoms with E-state index >= 15 is 0 Å². The molecule has 1 atom stereocenters. The molecule has 1 N–H and O–H groups in total. The van der Waals surface area contributed by atoms with Crippen LogP contribution in [0.1, 0.15) is 20.3 Å². The van der Waals surface area contributed by atoms with Gasteiger partial charge in [0.25, 0.3) is 0 Å². The lowest BCUT2D eigenvalue weighted by molar-refractivity contribution is 0.482. The summed E-state index contributed by atoms with van der Waals surface area (Å²) in [5.74, 6) is -0.445. The molecule has 0 aliphatic rings. The van der Waals surface area contributed by atoms with Crippen molar-refractivity contribution in [3.05, 3.63) is 12.5 Å². The molecular weight excluding hydrogens is 105 g/mol. The molecule has 0 heterocycles. The molecule has 0 spiro atoms. The molecule has 0 amide bonds. The van der Waals surface area contributed by atoms with E-state index < -0.39 is 5.95 Å². The summed E-state index contributed by atoms with van der Waals surface area (Å²) in [5.41, 5.74) is 0. The first kappa shape index (κ1) is 7.47. The maximum absolute atomic E-state index is 11.8. The Morgan fingerprint density at radius 3 is 2.50 bits per heavy atom. The maximum atomic E-state index is 11.8. The molecule has 0 bridgehead atoms. The maximum Gasteiger partial charge on any atom is 0.179 e. The highest BCUT2D eigenvalue weighted by Gasteiger charge is 1.95. The van der Waals surface area contributed by atoms with E-state index in [0.717, 1.165) is 6.42 Å². The molecule has 0 aliphatic carbocycles. The van der Waals surface area contributed by atoms with E-state index in [1.807, 2.05) is 13.8 Å². The molecule has 0 aromatic heterocycles. The largest absolute Gasteiger partial charge is 0.360 e. The van der Waals surface area contributed by atoms with Gasteiger partial charge >= 0.3 is 0 Å². The van der Waals surface area contributed by atoms with Crippen LogP contribution in [0.4, 0.5) is 4.39 Å². The van der Waals surface area contributed by atoms with E-state index in [2.05, 4.69) is 11.9 Å². The van der Waals surface area contributed by atoms with Crippen LogP contribution in [0.3, 0.4) is 0 Å². The van der Waals surface area contributed by atoms with E-state index in [4.69, 9.17) is 0 Å². The summed E-state index contributed by atoms with van der Waals surface area (Å²) in [6.45, 7) is 6.96. The van der Waals surface area contributed by atoms with Gasteiger partial charge in [0, 0.05) is 6.04 Å². The summed E-state index contributed by atoms with van der Waals surface area (Å²) in [6, 6.07) is 0.201. The molecule has 8 heavy (non-hydrogen) atoms. The molecule has 1 unspecified atom stereocenters. The molecule has 0 aromatic rings. The molecule has 0 aliphatic heterocycles. The van der Waals surface area contributed by atoms with Crippen LogP contribution in [-0.4, -0.2) is 6.04 Å². The van der Waals surface area contributed by atoms with E-state index in [-0.39, 0.29) is 6.04 Å². The lowest BCUT2D eigenvalue weighted by Gasteiger charge is -2.08. The van der Waals surface area contributed by atoms with Crippen molar-refractivity contribution in [2.24, 2.45) is 0 Å². The zero-order valence-corrected chi connectivity index (χ0v) is 5.37. The number of halogens is 1. The van der Waals surface area contributed by atoms with Crippen LogP contribution in [0.5, 0.6) is 0 Å². The van der Waals surface area contributed by atoms with Crippen LogP contribution in [-0.2, 0) is 0 Å². The van der Waals surface area contributed by atoms with Crippen molar-refractivity contribution >= 4 is 0 Å². The van der Waals surface area contributed by atoms with E-state index in [9.17, 15) is 4.39 Å². The first-order valence-electron chi connectivity index (χ1n) is 2.77. The fraction of sp³-hybridized carbons (Fsp3) is 0.667. The van der Waals surface area contributed by atoms with E-state index in [0.29, 0.717) is 0 Å². The second kappa shape index (κ2) is 3.47. The topological polar surface area (TPSA) is 12.0 Å². The minimum Gasteiger partial charge on any atom is -0.360 e. The third kappa shape index (κ3) is 3.65. The van der Waals surface area contributed by atoms with Crippen LogP contribution in [0.2, 0.25) is 0 Å². The van der Waals surface area contributed by atoms with Crippen molar-refractivity contribution in [1.82, 2.24) is 5.32 Å². The van der Waals surface area contributed by atoms with Crippen LogP contribution < -0.4 is 5.32 Å². The average Bonchev–Trinajstić information content (AvgIpc) is 1.65. The predicted molar refractivity (Wildman–Crippen MR) is 33.1 cm³/mol. The Morgan fingerprint density at radius 2 is 2.38 bits per heavy atom. The third-order valence-electron chi connectivity index (χ3n) is 1.02. The Hall–Kier alpha value is -0.530. The smallest absolute Gasteiger partial charge is 0.179 e. The fourth-order valence-corrected chi connectivity index (χ4v) is 0.369. The van der Waals surface area contributed by atoms with E-state index in [1.165, 1.54) is 0 Å². The summed E-state index contributed by atoms with van der Waals surface area (Å²) in [6.07, 6.45) is 0.920. The van der Waals surface area contributed by atoms with Gasteiger partial charge in [-0.25, -0.2) is 0 Å². The number of hydrogen-bond donors (Lipinski definition) is 1. The molecule has 1 nitrogen and oxygen atoms in total. The summed E-state index contributed by atoms with van der Waals surface area (Å²) >= 11 is 0. The summed E-state index contributed by atoms with van der Waals surface area (Å²) in [4.78, 5) is 0. The molecule has 0 fully saturated rings. The number of rotatable bonds is 3. The molecule has 0 saturated heterocycles. The molecular formula is C6H12FN. The zero-order chi connectivity index (χ0) is 6.57. The van der Waals surface area contributed by atoms with Crippen molar-refractivity contribution < 1.29 is 4.39 Å². The monoisotopic (exact) mass is 117 g/mol. The Labute approximate surface area is 49.6 Å². The second-order valence-corrected chi connectivity index (χ2v) is 1.86. The second-order valence-electron chi connectivity index (χ2n) is 1.86. The van der Waals surface area contributed by atoms with Gasteiger partial charge < -0.3 is 5.32 Å². The Bertz CT molecular complexity index is 80.6. The summed E-state index contributed by atoms with van der Waals surface area (Å²) < 4.78 is 11.8. The van der Waals surface area contributed by atoms with Gasteiger partial charge in [0.1, 0.15) is 0 Å².